The third kappa shape index (κ3) is 4.31. The first-order valence-electron chi connectivity index (χ1n) is 11.2. The number of amides is 2. The fourth-order valence-corrected chi connectivity index (χ4v) is 5.75. The molecule has 2 aromatic carbocycles. The van der Waals surface area contributed by atoms with Gasteiger partial charge in [0.05, 0.1) is 20.8 Å². The SMILES string of the molecule is CS(=N)(=O)c1cccc(C(=O)N2[C@@H](C(=O)NC(c3cc(F)c(Cl)cc3F)C3CC3)C[C@H]3C[C@H]32)c1. The summed E-state index contributed by atoms with van der Waals surface area (Å²) in [6, 6.07) is 6.61. The van der Waals surface area contributed by atoms with Crippen LogP contribution in [0.3, 0.4) is 0 Å². The molecule has 180 valence electrons. The molecule has 0 bridgehead atoms. The zero-order chi connectivity index (χ0) is 24.4. The number of likely N-dealkylation sites (tertiary alicyclic amines) is 1. The summed E-state index contributed by atoms with van der Waals surface area (Å²) in [5.41, 5.74) is 0.328. The molecule has 10 heteroatoms. The molecule has 2 aromatic rings. The number of nitrogens with zero attached hydrogens (tertiary/aromatic N) is 1. The number of halogens is 3. The molecular formula is C24H24ClF2N3O3S. The predicted molar refractivity (Wildman–Crippen MR) is 123 cm³/mol. The van der Waals surface area contributed by atoms with Crippen LogP contribution in [0.1, 0.15) is 47.6 Å². The maximum atomic E-state index is 14.6. The topological polar surface area (TPSA) is 90.3 Å². The third-order valence-corrected chi connectivity index (χ3v) is 8.38. The maximum Gasteiger partial charge on any atom is 0.254 e. The quantitative estimate of drug-likeness (QED) is 0.563. The van der Waals surface area contributed by atoms with Gasteiger partial charge in [-0.3, -0.25) is 9.59 Å². The van der Waals surface area contributed by atoms with E-state index in [1.165, 1.54) is 12.3 Å². The van der Waals surface area contributed by atoms with Crippen LogP contribution in [0.4, 0.5) is 8.78 Å². The molecule has 3 aliphatic rings. The molecular weight excluding hydrogens is 484 g/mol. The predicted octanol–water partition coefficient (Wildman–Crippen LogP) is 4.52. The van der Waals surface area contributed by atoms with E-state index < -0.39 is 39.4 Å². The molecule has 1 saturated heterocycles. The van der Waals surface area contributed by atoms with Crippen molar-refractivity contribution in [3.8, 4) is 0 Å². The van der Waals surface area contributed by atoms with E-state index in [-0.39, 0.29) is 44.8 Å². The summed E-state index contributed by atoms with van der Waals surface area (Å²) in [5.74, 6) is -1.98. The number of nitrogens with one attached hydrogen (secondary N) is 2. The smallest absolute Gasteiger partial charge is 0.254 e. The Hall–Kier alpha value is -2.52. The van der Waals surface area contributed by atoms with Crippen molar-refractivity contribution >= 4 is 33.1 Å². The Bertz CT molecular complexity index is 1300. The van der Waals surface area contributed by atoms with Crippen LogP contribution in [0.5, 0.6) is 0 Å². The average molecular weight is 508 g/mol. The molecule has 5 rings (SSSR count). The molecule has 1 aliphatic heterocycles. The second-order valence-electron chi connectivity index (χ2n) is 9.51. The van der Waals surface area contributed by atoms with Crippen molar-refractivity contribution in [3.63, 3.8) is 0 Å². The van der Waals surface area contributed by atoms with Crippen LogP contribution in [0, 0.1) is 28.2 Å². The van der Waals surface area contributed by atoms with E-state index in [4.69, 9.17) is 16.4 Å². The van der Waals surface area contributed by atoms with Gasteiger partial charge < -0.3 is 10.2 Å². The van der Waals surface area contributed by atoms with Gasteiger partial charge in [0.25, 0.3) is 5.91 Å². The Morgan fingerprint density at radius 3 is 2.59 bits per heavy atom. The van der Waals surface area contributed by atoms with Gasteiger partial charge in [-0.05, 0) is 67.9 Å². The van der Waals surface area contributed by atoms with Crippen molar-refractivity contribution in [2.24, 2.45) is 11.8 Å². The van der Waals surface area contributed by atoms with Gasteiger partial charge in [-0.25, -0.2) is 17.8 Å². The summed E-state index contributed by atoms with van der Waals surface area (Å²) < 4.78 is 48.6. The Labute approximate surface area is 201 Å². The molecule has 0 radical (unpaired) electrons. The standard InChI is InChI=1S/C24H24ClF2N3O3S/c1-34(28,33)15-4-2-3-13(7-15)24(32)30-20-8-14(20)9-21(30)23(31)29-22(12-5-6-12)16-10-19(27)17(25)11-18(16)26/h2-4,7,10-12,14,20-22,28H,5-6,8-9H2,1H3,(H,29,31)/t14-,20-,21-,22?,34?/m1/s1. The van der Waals surface area contributed by atoms with Gasteiger partial charge in [-0.15, -0.1) is 0 Å². The molecule has 3 fully saturated rings. The van der Waals surface area contributed by atoms with E-state index in [9.17, 15) is 22.6 Å². The highest BCUT2D eigenvalue weighted by atomic mass is 35.5. The monoisotopic (exact) mass is 507 g/mol. The second kappa shape index (κ2) is 8.30. The third-order valence-electron chi connectivity index (χ3n) is 6.94. The molecule has 2 N–H and O–H groups in total. The normalized spacial score (nSPS) is 25.9. The molecule has 0 aromatic heterocycles. The van der Waals surface area contributed by atoms with Crippen molar-refractivity contribution in [2.45, 2.75) is 48.7 Å². The van der Waals surface area contributed by atoms with Crippen molar-refractivity contribution in [3.05, 3.63) is 64.2 Å². The first-order valence-corrected chi connectivity index (χ1v) is 13.5. The van der Waals surface area contributed by atoms with E-state index in [1.807, 2.05) is 0 Å². The minimum atomic E-state index is -3.00. The minimum Gasteiger partial charge on any atom is -0.347 e. The van der Waals surface area contributed by atoms with Crippen LogP contribution in [-0.2, 0) is 14.5 Å². The lowest BCUT2D eigenvalue weighted by molar-refractivity contribution is -0.126. The number of piperidine rings is 1. The molecule has 2 saturated carbocycles. The van der Waals surface area contributed by atoms with Crippen LogP contribution >= 0.6 is 11.6 Å². The molecule has 34 heavy (non-hydrogen) atoms. The Kier molecular flexibility index (Phi) is 5.67. The van der Waals surface area contributed by atoms with E-state index in [1.54, 1.807) is 23.1 Å². The van der Waals surface area contributed by atoms with Gasteiger partial charge in [-0.2, -0.15) is 0 Å². The number of hydrogen-bond acceptors (Lipinski definition) is 4. The number of hydrogen-bond donors (Lipinski definition) is 2. The largest absolute Gasteiger partial charge is 0.347 e. The Balaban J connectivity index is 1.40. The molecule has 2 aliphatic carbocycles. The van der Waals surface area contributed by atoms with E-state index in [0.717, 1.165) is 31.4 Å². The van der Waals surface area contributed by atoms with Crippen molar-refractivity contribution in [2.75, 3.05) is 6.26 Å². The summed E-state index contributed by atoms with van der Waals surface area (Å²) in [4.78, 5) is 28.5. The lowest BCUT2D eigenvalue weighted by Gasteiger charge is -2.29. The van der Waals surface area contributed by atoms with Crippen LogP contribution in [-0.4, -0.2) is 39.3 Å². The second-order valence-corrected chi connectivity index (χ2v) is 12.1. The number of rotatable bonds is 6. The molecule has 1 heterocycles. The van der Waals surface area contributed by atoms with Crippen molar-refractivity contribution < 1.29 is 22.6 Å². The minimum absolute atomic E-state index is 0.00874. The first kappa shape index (κ1) is 23.2. The van der Waals surface area contributed by atoms with Gasteiger partial charge in [0.15, 0.2) is 0 Å². The molecule has 6 nitrogen and oxygen atoms in total. The van der Waals surface area contributed by atoms with Crippen molar-refractivity contribution in [1.82, 2.24) is 10.2 Å². The highest BCUT2D eigenvalue weighted by Crippen LogP contribution is 2.49. The fraction of sp³-hybridized carbons (Fsp3) is 0.417. The van der Waals surface area contributed by atoms with Crippen LogP contribution in [0.2, 0.25) is 5.02 Å². The number of carbonyl (C=O) groups is 2. The molecule has 5 atom stereocenters. The van der Waals surface area contributed by atoms with E-state index >= 15 is 0 Å². The summed E-state index contributed by atoms with van der Waals surface area (Å²) in [6.07, 6.45) is 4.16. The zero-order valence-electron chi connectivity index (χ0n) is 18.4. The average Bonchev–Trinajstić information content (AvgIpc) is 3.72. The Morgan fingerprint density at radius 2 is 1.91 bits per heavy atom. The Morgan fingerprint density at radius 1 is 1.18 bits per heavy atom. The first-order chi connectivity index (χ1) is 16.0. The van der Waals surface area contributed by atoms with Crippen molar-refractivity contribution in [1.29, 1.82) is 4.78 Å². The molecule has 2 amide bonds. The van der Waals surface area contributed by atoms with Gasteiger partial charge in [-0.1, -0.05) is 17.7 Å². The highest BCUT2D eigenvalue weighted by molar-refractivity contribution is 7.91. The van der Waals surface area contributed by atoms with Gasteiger partial charge in [0.2, 0.25) is 5.91 Å². The lowest BCUT2D eigenvalue weighted by Crippen LogP contribution is -2.49. The molecule has 0 spiro atoms. The lowest BCUT2D eigenvalue weighted by atomic mass is 10.00. The maximum absolute atomic E-state index is 14.6. The summed E-state index contributed by atoms with van der Waals surface area (Å²) in [6.45, 7) is 0. The van der Waals surface area contributed by atoms with Gasteiger partial charge in [0, 0.05) is 28.3 Å². The van der Waals surface area contributed by atoms with Crippen LogP contribution < -0.4 is 5.32 Å². The number of carbonyl (C=O) groups excluding carboxylic acids is 2. The number of benzene rings is 2. The summed E-state index contributed by atoms with van der Waals surface area (Å²) in [7, 11) is -3.00. The van der Waals surface area contributed by atoms with Crippen LogP contribution in [0.15, 0.2) is 41.3 Å². The van der Waals surface area contributed by atoms with E-state index in [0.29, 0.717) is 6.42 Å². The number of fused-ring (bicyclic) bond motifs is 1. The van der Waals surface area contributed by atoms with Crippen LogP contribution in [0.25, 0.3) is 0 Å². The zero-order valence-corrected chi connectivity index (χ0v) is 20.0. The van der Waals surface area contributed by atoms with E-state index in [2.05, 4.69) is 5.32 Å². The fourth-order valence-electron chi connectivity index (χ4n) is 4.91. The summed E-state index contributed by atoms with van der Waals surface area (Å²) >= 11 is 5.69. The summed E-state index contributed by atoms with van der Waals surface area (Å²) in [5, 5.41) is 2.56. The van der Waals surface area contributed by atoms with Gasteiger partial charge in [0.1, 0.15) is 17.7 Å². The molecule has 2 unspecified atom stereocenters. The van der Waals surface area contributed by atoms with Gasteiger partial charge >= 0.3 is 0 Å². The highest BCUT2D eigenvalue weighted by Gasteiger charge is 2.56.